The molecule has 1 heterocycles. The Morgan fingerprint density at radius 3 is 2.41 bits per heavy atom. The number of amides is 1. The van der Waals surface area contributed by atoms with Crippen molar-refractivity contribution in [1.82, 2.24) is 15.5 Å². The maximum absolute atomic E-state index is 11.9. The van der Waals surface area contributed by atoms with Gasteiger partial charge in [0.15, 0.2) is 5.96 Å². The highest BCUT2D eigenvalue weighted by Gasteiger charge is 2.07. The van der Waals surface area contributed by atoms with Crippen molar-refractivity contribution < 1.29 is 9.53 Å². The van der Waals surface area contributed by atoms with E-state index in [0.717, 1.165) is 17.7 Å². The first-order valence-corrected chi connectivity index (χ1v) is 9.76. The highest BCUT2D eigenvalue weighted by atomic mass is 32.1. The predicted molar refractivity (Wildman–Crippen MR) is 111 cm³/mol. The quantitative estimate of drug-likeness (QED) is 0.539. The van der Waals surface area contributed by atoms with E-state index in [1.165, 1.54) is 9.75 Å². The van der Waals surface area contributed by atoms with Gasteiger partial charge in [0.25, 0.3) is 0 Å². The summed E-state index contributed by atoms with van der Waals surface area (Å²) >= 11 is 1.79. The van der Waals surface area contributed by atoms with Crippen molar-refractivity contribution in [1.29, 1.82) is 0 Å². The number of benzene rings is 1. The third kappa shape index (κ3) is 6.94. The highest BCUT2D eigenvalue weighted by molar-refractivity contribution is 7.11. The van der Waals surface area contributed by atoms with Crippen molar-refractivity contribution in [2.24, 2.45) is 4.99 Å². The van der Waals surface area contributed by atoms with Gasteiger partial charge >= 0.3 is 0 Å². The number of likely N-dealkylation sites (N-methyl/N-ethyl adjacent to an activating group) is 1. The number of rotatable bonds is 8. The van der Waals surface area contributed by atoms with Crippen LogP contribution in [0.5, 0.6) is 5.75 Å². The van der Waals surface area contributed by atoms with Gasteiger partial charge in [0.2, 0.25) is 5.91 Å². The van der Waals surface area contributed by atoms with Gasteiger partial charge in [-0.3, -0.25) is 4.79 Å². The molecule has 2 aromatic rings. The Hall–Kier alpha value is -2.54. The summed E-state index contributed by atoms with van der Waals surface area (Å²) in [7, 11) is 5.13. The van der Waals surface area contributed by atoms with E-state index in [9.17, 15) is 4.79 Å². The average Bonchev–Trinajstić information content (AvgIpc) is 3.15. The first-order valence-electron chi connectivity index (χ1n) is 8.94. The summed E-state index contributed by atoms with van der Waals surface area (Å²) < 4.78 is 5.18. The van der Waals surface area contributed by atoms with Gasteiger partial charge in [-0.2, -0.15) is 0 Å². The zero-order valence-corrected chi connectivity index (χ0v) is 17.2. The summed E-state index contributed by atoms with van der Waals surface area (Å²) in [6, 6.07) is 12.1. The van der Waals surface area contributed by atoms with E-state index in [1.54, 1.807) is 37.4 Å². The van der Waals surface area contributed by atoms with Crippen LogP contribution in [0.3, 0.4) is 0 Å². The second-order valence-electron chi connectivity index (χ2n) is 6.23. The number of nitrogens with one attached hydrogen (secondary N) is 2. The molecule has 1 amide bonds. The summed E-state index contributed by atoms with van der Waals surface area (Å²) in [5, 5.41) is 6.43. The molecule has 0 aliphatic heterocycles. The van der Waals surface area contributed by atoms with Crippen LogP contribution in [-0.4, -0.2) is 44.5 Å². The first-order chi connectivity index (χ1) is 13.0. The minimum Gasteiger partial charge on any atom is -0.497 e. The number of aryl methyl sites for hydroxylation is 1. The molecule has 1 aromatic carbocycles. The van der Waals surface area contributed by atoms with Crippen molar-refractivity contribution in [3.8, 4) is 5.75 Å². The molecule has 146 valence electrons. The standard InChI is InChI=1S/C20H28N4O2S/c1-5-17-10-11-18(27-17)13-22-20(23-14-19(25)24(2)3)21-12-15-6-8-16(26-4)9-7-15/h6-11H,5,12-14H2,1-4H3,(H2,21,22,23). The van der Waals surface area contributed by atoms with E-state index in [0.29, 0.717) is 19.0 Å². The van der Waals surface area contributed by atoms with Gasteiger partial charge in [-0.15, -0.1) is 11.3 Å². The number of guanidine groups is 1. The molecule has 2 N–H and O–H groups in total. The van der Waals surface area contributed by atoms with Crippen LogP contribution in [0.2, 0.25) is 0 Å². The second kappa shape index (κ2) is 10.6. The van der Waals surface area contributed by atoms with Gasteiger partial charge in [-0.25, -0.2) is 4.99 Å². The highest BCUT2D eigenvalue weighted by Crippen LogP contribution is 2.16. The Morgan fingerprint density at radius 2 is 1.81 bits per heavy atom. The lowest BCUT2D eigenvalue weighted by molar-refractivity contribution is -0.127. The molecule has 0 bridgehead atoms. The number of carbonyl (C=O) groups excluding carboxylic acids is 1. The molecule has 0 saturated carbocycles. The Kier molecular flexibility index (Phi) is 8.13. The summed E-state index contributed by atoms with van der Waals surface area (Å²) in [6.45, 7) is 3.54. The van der Waals surface area contributed by atoms with E-state index in [1.807, 2.05) is 24.3 Å². The van der Waals surface area contributed by atoms with Crippen LogP contribution in [-0.2, 0) is 24.3 Å². The summed E-state index contributed by atoms with van der Waals surface area (Å²) in [5.74, 6) is 1.44. The Balaban J connectivity index is 2.01. The molecule has 0 saturated heterocycles. The lowest BCUT2D eigenvalue weighted by atomic mass is 10.2. The van der Waals surface area contributed by atoms with E-state index in [-0.39, 0.29) is 12.5 Å². The summed E-state index contributed by atoms with van der Waals surface area (Å²) in [5.41, 5.74) is 1.07. The van der Waals surface area contributed by atoms with E-state index in [2.05, 4.69) is 34.7 Å². The molecular weight excluding hydrogens is 360 g/mol. The van der Waals surface area contributed by atoms with Crippen LogP contribution in [0.1, 0.15) is 22.2 Å². The van der Waals surface area contributed by atoms with Crippen molar-refractivity contribution >= 4 is 23.2 Å². The lowest BCUT2D eigenvalue weighted by Crippen LogP contribution is -2.42. The van der Waals surface area contributed by atoms with Crippen LogP contribution < -0.4 is 15.4 Å². The third-order valence-electron chi connectivity index (χ3n) is 3.98. The Morgan fingerprint density at radius 1 is 1.11 bits per heavy atom. The fourth-order valence-electron chi connectivity index (χ4n) is 2.27. The van der Waals surface area contributed by atoms with Gasteiger partial charge in [-0.1, -0.05) is 19.1 Å². The van der Waals surface area contributed by atoms with Crippen LogP contribution in [0, 0.1) is 0 Å². The van der Waals surface area contributed by atoms with Gasteiger partial charge in [0, 0.05) is 23.8 Å². The molecule has 0 aliphatic rings. The molecule has 0 spiro atoms. The largest absolute Gasteiger partial charge is 0.497 e. The molecule has 2 rings (SSSR count). The molecule has 0 radical (unpaired) electrons. The fraction of sp³-hybridized carbons (Fsp3) is 0.400. The van der Waals surface area contributed by atoms with Gasteiger partial charge in [0.05, 0.1) is 26.7 Å². The van der Waals surface area contributed by atoms with Gasteiger partial charge in [0.1, 0.15) is 5.75 Å². The number of hydrogen-bond donors (Lipinski definition) is 2. The molecule has 6 nitrogen and oxygen atoms in total. The number of thiophene rings is 1. The molecule has 0 atom stereocenters. The zero-order chi connectivity index (χ0) is 19.6. The van der Waals surface area contributed by atoms with Crippen molar-refractivity contribution in [2.45, 2.75) is 26.4 Å². The molecule has 27 heavy (non-hydrogen) atoms. The number of aliphatic imine (C=N–C) groups is 1. The topological polar surface area (TPSA) is 66.0 Å². The number of nitrogens with zero attached hydrogens (tertiary/aromatic N) is 2. The molecule has 0 aliphatic carbocycles. The van der Waals surface area contributed by atoms with E-state index >= 15 is 0 Å². The lowest BCUT2D eigenvalue weighted by Gasteiger charge is -2.14. The number of hydrogen-bond acceptors (Lipinski definition) is 4. The number of ether oxygens (including phenoxy) is 1. The minimum atomic E-state index is -0.00154. The SMILES string of the molecule is CCc1ccc(CNC(=NCc2ccc(OC)cc2)NCC(=O)N(C)C)s1. The maximum atomic E-state index is 11.9. The maximum Gasteiger partial charge on any atom is 0.241 e. The monoisotopic (exact) mass is 388 g/mol. The second-order valence-corrected chi connectivity index (χ2v) is 7.48. The van der Waals surface area contributed by atoms with E-state index < -0.39 is 0 Å². The van der Waals surface area contributed by atoms with Gasteiger partial charge < -0.3 is 20.3 Å². The van der Waals surface area contributed by atoms with Crippen molar-refractivity contribution in [3.63, 3.8) is 0 Å². The van der Waals surface area contributed by atoms with Crippen molar-refractivity contribution in [3.05, 3.63) is 51.7 Å². The minimum absolute atomic E-state index is 0.00154. The van der Waals surface area contributed by atoms with Crippen LogP contribution >= 0.6 is 11.3 Å². The van der Waals surface area contributed by atoms with Gasteiger partial charge in [-0.05, 0) is 36.2 Å². The first kappa shape index (κ1) is 20.8. The summed E-state index contributed by atoms with van der Waals surface area (Å²) in [6.07, 6.45) is 1.04. The fourth-order valence-corrected chi connectivity index (χ4v) is 3.17. The third-order valence-corrected chi connectivity index (χ3v) is 5.21. The Bertz CT molecular complexity index is 754. The molecule has 0 fully saturated rings. The predicted octanol–water partition coefficient (Wildman–Crippen LogP) is 2.64. The summed E-state index contributed by atoms with van der Waals surface area (Å²) in [4.78, 5) is 20.6. The smallest absolute Gasteiger partial charge is 0.241 e. The van der Waals surface area contributed by atoms with Crippen molar-refractivity contribution in [2.75, 3.05) is 27.7 Å². The molecule has 7 heteroatoms. The van der Waals surface area contributed by atoms with Crippen LogP contribution in [0.4, 0.5) is 0 Å². The van der Waals surface area contributed by atoms with E-state index in [4.69, 9.17) is 4.74 Å². The molecule has 0 unspecified atom stereocenters. The zero-order valence-electron chi connectivity index (χ0n) is 16.4. The van der Waals surface area contributed by atoms with Crippen LogP contribution in [0.15, 0.2) is 41.4 Å². The number of methoxy groups -OCH3 is 1. The molecular formula is C20H28N4O2S. The average molecular weight is 389 g/mol. The normalized spacial score (nSPS) is 11.2. The molecule has 1 aromatic heterocycles. The van der Waals surface area contributed by atoms with Crippen LogP contribution in [0.25, 0.3) is 0 Å². The Labute approximate surface area is 165 Å². The number of carbonyl (C=O) groups is 1.